The number of nitro benzene ring substituents is 1. The molecule has 0 spiro atoms. The van der Waals surface area contributed by atoms with Crippen molar-refractivity contribution >= 4 is 11.4 Å². The third-order valence-corrected chi connectivity index (χ3v) is 2.64. The first-order valence-electron chi connectivity index (χ1n) is 5.36. The fourth-order valence-corrected chi connectivity index (χ4v) is 1.81. The van der Waals surface area contributed by atoms with Crippen molar-refractivity contribution in [1.82, 2.24) is 0 Å². The van der Waals surface area contributed by atoms with Crippen LogP contribution in [0, 0.1) is 10.1 Å². The molecular formula is C11H14N2O3. The van der Waals surface area contributed by atoms with E-state index >= 15 is 0 Å². The summed E-state index contributed by atoms with van der Waals surface area (Å²) < 4.78 is 5.44. The van der Waals surface area contributed by atoms with E-state index in [1.54, 1.807) is 18.2 Å². The van der Waals surface area contributed by atoms with Crippen LogP contribution in [-0.2, 0) is 4.74 Å². The van der Waals surface area contributed by atoms with Crippen LogP contribution in [0.4, 0.5) is 11.4 Å². The Morgan fingerprint density at radius 2 is 2.31 bits per heavy atom. The predicted octanol–water partition coefficient (Wildman–Crippen LogP) is 2.19. The highest BCUT2D eigenvalue weighted by atomic mass is 16.6. The van der Waals surface area contributed by atoms with Crippen molar-refractivity contribution in [3.63, 3.8) is 0 Å². The molecule has 1 atom stereocenters. The Labute approximate surface area is 93.6 Å². The second-order valence-electron chi connectivity index (χ2n) is 3.79. The molecule has 1 aromatic carbocycles. The van der Waals surface area contributed by atoms with Crippen molar-refractivity contribution < 1.29 is 9.66 Å². The number of para-hydroxylation sites is 2. The summed E-state index contributed by atoms with van der Waals surface area (Å²) in [7, 11) is 0. The molecule has 0 saturated carbocycles. The number of nitro groups is 1. The molecule has 0 amide bonds. The van der Waals surface area contributed by atoms with E-state index < -0.39 is 0 Å². The number of hydrogen-bond donors (Lipinski definition) is 1. The van der Waals surface area contributed by atoms with Gasteiger partial charge < -0.3 is 10.1 Å². The summed E-state index contributed by atoms with van der Waals surface area (Å²) in [6.45, 7) is 1.42. The van der Waals surface area contributed by atoms with Crippen molar-refractivity contribution in [2.45, 2.75) is 18.9 Å². The lowest BCUT2D eigenvalue weighted by Gasteiger charge is -2.11. The minimum Gasteiger partial charge on any atom is -0.377 e. The Kier molecular flexibility index (Phi) is 3.36. The topological polar surface area (TPSA) is 64.4 Å². The first-order valence-corrected chi connectivity index (χ1v) is 5.36. The van der Waals surface area contributed by atoms with Crippen LogP contribution >= 0.6 is 0 Å². The van der Waals surface area contributed by atoms with Crippen LogP contribution in [0.3, 0.4) is 0 Å². The Balaban J connectivity index is 2.00. The molecular weight excluding hydrogens is 208 g/mol. The first kappa shape index (κ1) is 10.9. The van der Waals surface area contributed by atoms with Crippen LogP contribution in [0.5, 0.6) is 0 Å². The summed E-state index contributed by atoms with van der Waals surface area (Å²) >= 11 is 0. The van der Waals surface area contributed by atoms with Crippen molar-refractivity contribution in [2.24, 2.45) is 0 Å². The molecule has 1 aliphatic heterocycles. The van der Waals surface area contributed by atoms with Gasteiger partial charge in [0.05, 0.1) is 11.0 Å². The number of benzene rings is 1. The minimum atomic E-state index is -0.377. The molecule has 1 aliphatic rings. The molecule has 1 N–H and O–H groups in total. The molecule has 86 valence electrons. The monoisotopic (exact) mass is 222 g/mol. The third-order valence-electron chi connectivity index (χ3n) is 2.64. The van der Waals surface area contributed by atoms with Gasteiger partial charge in [0.2, 0.25) is 0 Å². The van der Waals surface area contributed by atoms with Gasteiger partial charge in [-0.15, -0.1) is 0 Å². The summed E-state index contributed by atoms with van der Waals surface area (Å²) in [4.78, 5) is 10.4. The van der Waals surface area contributed by atoms with Crippen LogP contribution in [-0.4, -0.2) is 24.2 Å². The van der Waals surface area contributed by atoms with Crippen LogP contribution < -0.4 is 5.32 Å². The maximum atomic E-state index is 10.8. The van der Waals surface area contributed by atoms with Crippen LogP contribution in [0.25, 0.3) is 0 Å². The van der Waals surface area contributed by atoms with E-state index in [0.717, 1.165) is 19.4 Å². The zero-order valence-electron chi connectivity index (χ0n) is 8.89. The Bertz CT molecular complexity index is 375. The lowest BCUT2D eigenvalue weighted by Crippen LogP contribution is -2.18. The van der Waals surface area contributed by atoms with Gasteiger partial charge in [-0.1, -0.05) is 12.1 Å². The molecule has 1 unspecified atom stereocenters. The van der Waals surface area contributed by atoms with E-state index in [1.165, 1.54) is 6.07 Å². The highest BCUT2D eigenvalue weighted by molar-refractivity contribution is 5.61. The Hall–Kier alpha value is -1.62. The normalized spacial score (nSPS) is 19.6. The SMILES string of the molecule is O=[N+]([O-])c1ccccc1NCC1CCCO1. The number of nitrogens with zero attached hydrogens (tertiary/aromatic N) is 1. The van der Waals surface area contributed by atoms with Gasteiger partial charge >= 0.3 is 0 Å². The average Bonchev–Trinajstić information content (AvgIpc) is 2.79. The zero-order chi connectivity index (χ0) is 11.4. The number of ether oxygens (including phenoxy) is 1. The Morgan fingerprint density at radius 3 is 3.00 bits per heavy atom. The van der Waals surface area contributed by atoms with Gasteiger partial charge in [0, 0.05) is 19.2 Å². The molecule has 16 heavy (non-hydrogen) atoms. The zero-order valence-corrected chi connectivity index (χ0v) is 8.89. The average molecular weight is 222 g/mol. The fraction of sp³-hybridized carbons (Fsp3) is 0.455. The van der Waals surface area contributed by atoms with E-state index in [9.17, 15) is 10.1 Å². The van der Waals surface area contributed by atoms with Crippen LogP contribution in [0.2, 0.25) is 0 Å². The second-order valence-corrected chi connectivity index (χ2v) is 3.79. The summed E-state index contributed by atoms with van der Waals surface area (Å²) in [6, 6.07) is 6.66. The molecule has 5 nitrogen and oxygen atoms in total. The number of hydrogen-bond acceptors (Lipinski definition) is 4. The molecule has 2 rings (SSSR count). The van der Waals surface area contributed by atoms with Gasteiger partial charge in [0.1, 0.15) is 5.69 Å². The highest BCUT2D eigenvalue weighted by Crippen LogP contribution is 2.23. The molecule has 0 aromatic heterocycles. The lowest BCUT2D eigenvalue weighted by molar-refractivity contribution is -0.384. The van der Waals surface area contributed by atoms with E-state index in [2.05, 4.69) is 5.32 Å². The van der Waals surface area contributed by atoms with E-state index in [1.807, 2.05) is 0 Å². The van der Waals surface area contributed by atoms with Gasteiger partial charge in [0.25, 0.3) is 5.69 Å². The largest absolute Gasteiger partial charge is 0.377 e. The number of rotatable bonds is 4. The Morgan fingerprint density at radius 1 is 1.50 bits per heavy atom. The quantitative estimate of drug-likeness (QED) is 0.626. The molecule has 1 heterocycles. The maximum absolute atomic E-state index is 10.8. The van der Waals surface area contributed by atoms with Gasteiger partial charge in [-0.25, -0.2) is 0 Å². The summed E-state index contributed by atoms with van der Waals surface area (Å²) in [5.74, 6) is 0. The molecule has 0 bridgehead atoms. The second kappa shape index (κ2) is 4.94. The predicted molar refractivity (Wildman–Crippen MR) is 60.6 cm³/mol. The van der Waals surface area contributed by atoms with E-state index in [0.29, 0.717) is 12.2 Å². The smallest absolute Gasteiger partial charge is 0.292 e. The van der Waals surface area contributed by atoms with Crippen molar-refractivity contribution in [1.29, 1.82) is 0 Å². The molecule has 1 aromatic rings. The van der Waals surface area contributed by atoms with Gasteiger partial charge in [-0.3, -0.25) is 10.1 Å². The lowest BCUT2D eigenvalue weighted by atomic mass is 10.2. The molecule has 5 heteroatoms. The summed E-state index contributed by atoms with van der Waals surface area (Å²) in [5.41, 5.74) is 0.670. The standard InChI is InChI=1S/C11H14N2O3/c14-13(15)11-6-2-1-5-10(11)12-8-9-4-3-7-16-9/h1-2,5-6,9,12H,3-4,7-8H2. The number of nitrogens with one attached hydrogen (secondary N) is 1. The van der Waals surface area contributed by atoms with Crippen LogP contribution in [0.15, 0.2) is 24.3 Å². The molecule has 1 saturated heterocycles. The third kappa shape index (κ3) is 2.49. The van der Waals surface area contributed by atoms with Crippen molar-refractivity contribution in [3.05, 3.63) is 34.4 Å². The van der Waals surface area contributed by atoms with Gasteiger partial charge in [-0.2, -0.15) is 0 Å². The highest BCUT2D eigenvalue weighted by Gasteiger charge is 2.17. The van der Waals surface area contributed by atoms with Crippen LogP contribution in [0.1, 0.15) is 12.8 Å². The van der Waals surface area contributed by atoms with Crippen molar-refractivity contribution in [2.75, 3.05) is 18.5 Å². The molecule has 1 fully saturated rings. The minimum absolute atomic E-state index is 0.112. The van der Waals surface area contributed by atoms with E-state index in [4.69, 9.17) is 4.74 Å². The first-order chi connectivity index (χ1) is 7.77. The fourth-order valence-electron chi connectivity index (χ4n) is 1.81. The molecule has 0 aliphatic carbocycles. The van der Waals surface area contributed by atoms with Gasteiger partial charge in [-0.05, 0) is 18.9 Å². The summed E-state index contributed by atoms with van der Waals surface area (Å²) in [6.07, 6.45) is 2.27. The molecule has 0 radical (unpaired) electrons. The van der Waals surface area contributed by atoms with Gasteiger partial charge in [0.15, 0.2) is 0 Å². The number of anilines is 1. The van der Waals surface area contributed by atoms with Crippen molar-refractivity contribution in [3.8, 4) is 0 Å². The maximum Gasteiger partial charge on any atom is 0.292 e. The van der Waals surface area contributed by atoms with E-state index in [-0.39, 0.29) is 16.7 Å². The summed E-state index contributed by atoms with van der Waals surface area (Å²) in [5, 5.41) is 13.8.